The van der Waals surface area contributed by atoms with E-state index in [1.165, 1.54) is 24.2 Å². The number of hydrogen-bond acceptors (Lipinski definition) is 4. The fourth-order valence-electron chi connectivity index (χ4n) is 3.61. The quantitative estimate of drug-likeness (QED) is 0.858. The van der Waals surface area contributed by atoms with Crippen molar-refractivity contribution in [1.82, 2.24) is 9.80 Å². The summed E-state index contributed by atoms with van der Waals surface area (Å²) in [5.74, 6) is 0.866. The number of carbonyl (C=O) groups is 1. The van der Waals surface area contributed by atoms with E-state index in [2.05, 4.69) is 16.8 Å². The van der Waals surface area contributed by atoms with Gasteiger partial charge in [0.1, 0.15) is 10.6 Å². The molecule has 110 valence electrons. The second-order valence-electron chi connectivity index (χ2n) is 5.72. The highest BCUT2D eigenvalue weighted by Gasteiger charge is 2.39. The molecule has 2 atom stereocenters. The summed E-state index contributed by atoms with van der Waals surface area (Å²) in [6.45, 7) is 2.04. The monoisotopic (exact) mass is 294 g/mol. The number of ether oxygens (including phenoxy) is 1. The maximum Gasteiger partial charge on any atom is 0.268 e. The first-order valence-electron chi connectivity index (χ1n) is 7.35. The van der Waals surface area contributed by atoms with Crippen molar-refractivity contribution in [3.63, 3.8) is 0 Å². The van der Waals surface area contributed by atoms with Gasteiger partial charge in [-0.25, -0.2) is 0 Å². The van der Waals surface area contributed by atoms with Crippen molar-refractivity contribution in [2.45, 2.75) is 37.8 Å². The van der Waals surface area contributed by atoms with Crippen molar-refractivity contribution in [2.24, 2.45) is 0 Å². The van der Waals surface area contributed by atoms with Crippen LogP contribution in [0, 0.1) is 0 Å². The van der Waals surface area contributed by atoms with Gasteiger partial charge in [-0.1, -0.05) is 0 Å². The van der Waals surface area contributed by atoms with Crippen LogP contribution in [0.3, 0.4) is 0 Å². The molecule has 0 unspecified atom stereocenters. The molecule has 3 rings (SSSR count). The van der Waals surface area contributed by atoms with E-state index in [0.717, 1.165) is 30.8 Å². The molecule has 0 spiro atoms. The van der Waals surface area contributed by atoms with Crippen LogP contribution in [0.1, 0.15) is 35.4 Å². The van der Waals surface area contributed by atoms with Crippen molar-refractivity contribution in [1.29, 1.82) is 0 Å². The number of amides is 1. The van der Waals surface area contributed by atoms with Gasteiger partial charge < -0.3 is 14.5 Å². The van der Waals surface area contributed by atoms with Crippen LogP contribution < -0.4 is 4.74 Å². The Morgan fingerprint density at radius 1 is 1.30 bits per heavy atom. The van der Waals surface area contributed by atoms with Crippen LogP contribution in [-0.4, -0.2) is 55.0 Å². The summed E-state index contributed by atoms with van der Waals surface area (Å²) in [5.41, 5.74) is 0. The molecule has 0 bridgehead atoms. The van der Waals surface area contributed by atoms with E-state index in [1.54, 1.807) is 7.11 Å². The van der Waals surface area contributed by atoms with Gasteiger partial charge in [-0.3, -0.25) is 4.79 Å². The molecule has 2 fully saturated rings. The molecule has 2 aliphatic heterocycles. The zero-order valence-electron chi connectivity index (χ0n) is 12.2. The van der Waals surface area contributed by atoms with Gasteiger partial charge in [0.15, 0.2) is 0 Å². The average Bonchev–Trinajstić information content (AvgIpc) is 3.17. The zero-order valence-corrected chi connectivity index (χ0v) is 13.0. The first kappa shape index (κ1) is 13.9. The third-order valence-electron chi connectivity index (χ3n) is 4.62. The fourth-order valence-corrected chi connectivity index (χ4v) is 4.42. The maximum atomic E-state index is 12.8. The van der Waals surface area contributed by atoms with Crippen molar-refractivity contribution < 1.29 is 9.53 Å². The molecule has 4 nitrogen and oxygen atoms in total. The van der Waals surface area contributed by atoms with Crippen molar-refractivity contribution in [3.05, 3.63) is 16.3 Å². The number of rotatable bonds is 3. The van der Waals surface area contributed by atoms with Gasteiger partial charge in [-0.05, 0) is 50.7 Å². The first-order chi connectivity index (χ1) is 9.72. The van der Waals surface area contributed by atoms with Gasteiger partial charge in [0, 0.05) is 18.6 Å². The predicted molar refractivity (Wildman–Crippen MR) is 80.6 cm³/mol. The Kier molecular flexibility index (Phi) is 3.98. The normalized spacial score (nSPS) is 27.2. The van der Waals surface area contributed by atoms with Gasteiger partial charge >= 0.3 is 0 Å². The standard InChI is InChI=1S/C15H22N2O2S/c1-16-8-3-5-11(16)12-6-4-9-17(12)15(18)14-13(19-2)7-10-20-14/h7,10-12H,3-6,8-9H2,1-2H3/t11-,12+/m1/s1. The molecular formula is C15H22N2O2S. The molecule has 2 saturated heterocycles. The lowest BCUT2D eigenvalue weighted by atomic mass is 10.0. The topological polar surface area (TPSA) is 32.8 Å². The third-order valence-corrected chi connectivity index (χ3v) is 5.51. The van der Waals surface area contributed by atoms with Gasteiger partial charge in [-0.15, -0.1) is 11.3 Å². The van der Waals surface area contributed by atoms with Crippen LogP contribution in [0.15, 0.2) is 11.4 Å². The summed E-state index contributed by atoms with van der Waals surface area (Å²) >= 11 is 1.48. The number of likely N-dealkylation sites (tertiary alicyclic amines) is 2. The molecule has 1 aromatic heterocycles. The lowest BCUT2D eigenvalue weighted by Crippen LogP contribution is -2.47. The van der Waals surface area contributed by atoms with Crippen LogP contribution in [0.5, 0.6) is 5.75 Å². The molecule has 5 heteroatoms. The van der Waals surface area contributed by atoms with Gasteiger partial charge in [0.05, 0.1) is 7.11 Å². The van der Waals surface area contributed by atoms with E-state index >= 15 is 0 Å². The first-order valence-corrected chi connectivity index (χ1v) is 8.23. The Bertz CT molecular complexity index is 488. The van der Waals surface area contributed by atoms with Crippen LogP contribution >= 0.6 is 11.3 Å². The Morgan fingerprint density at radius 2 is 2.05 bits per heavy atom. The molecule has 2 aliphatic rings. The minimum atomic E-state index is 0.152. The highest BCUT2D eigenvalue weighted by Crippen LogP contribution is 2.33. The molecule has 3 heterocycles. The second kappa shape index (κ2) is 5.74. The summed E-state index contributed by atoms with van der Waals surface area (Å²) in [6, 6.07) is 2.79. The van der Waals surface area contributed by atoms with Crippen molar-refractivity contribution in [3.8, 4) is 5.75 Å². The van der Waals surface area contributed by atoms with Gasteiger partial charge in [0.2, 0.25) is 0 Å². The van der Waals surface area contributed by atoms with Gasteiger partial charge in [0.25, 0.3) is 5.91 Å². The van der Waals surface area contributed by atoms with E-state index in [1.807, 2.05) is 11.4 Å². The number of carbonyl (C=O) groups excluding carboxylic acids is 1. The minimum Gasteiger partial charge on any atom is -0.495 e. The molecule has 0 saturated carbocycles. The van der Waals surface area contributed by atoms with Crippen LogP contribution in [0.4, 0.5) is 0 Å². The molecule has 0 aliphatic carbocycles. The minimum absolute atomic E-state index is 0.152. The molecule has 1 amide bonds. The average molecular weight is 294 g/mol. The molecular weight excluding hydrogens is 272 g/mol. The van der Waals surface area contributed by atoms with E-state index in [4.69, 9.17) is 4.74 Å². The summed E-state index contributed by atoms with van der Waals surface area (Å²) in [5, 5.41) is 1.93. The molecule has 0 N–H and O–H groups in total. The Morgan fingerprint density at radius 3 is 2.75 bits per heavy atom. The highest BCUT2D eigenvalue weighted by atomic mass is 32.1. The highest BCUT2D eigenvalue weighted by molar-refractivity contribution is 7.12. The van der Waals surface area contributed by atoms with Crippen molar-refractivity contribution >= 4 is 17.2 Å². The number of nitrogens with zero attached hydrogens (tertiary/aromatic N) is 2. The second-order valence-corrected chi connectivity index (χ2v) is 6.63. The zero-order chi connectivity index (χ0) is 14.1. The molecule has 1 aromatic rings. The molecule has 0 aromatic carbocycles. The predicted octanol–water partition coefficient (Wildman–Crippen LogP) is 2.46. The molecule has 20 heavy (non-hydrogen) atoms. The largest absolute Gasteiger partial charge is 0.495 e. The number of likely N-dealkylation sites (N-methyl/N-ethyl adjacent to an activating group) is 1. The number of hydrogen-bond donors (Lipinski definition) is 0. The van der Waals surface area contributed by atoms with Gasteiger partial charge in [-0.2, -0.15) is 0 Å². The number of thiophene rings is 1. The summed E-state index contributed by atoms with van der Waals surface area (Å²) in [4.78, 5) is 18.1. The van der Waals surface area contributed by atoms with E-state index < -0.39 is 0 Å². The van der Waals surface area contributed by atoms with E-state index in [9.17, 15) is 4.79 Å². The van der Waals surface area contributed by atoms with E-state index in [0.29, 0.717) is 17.8 Å². The lowest BCUT2D eigenvalue weighted by molar-refractivity contribution is 0.0666. The summed E-state index contributed by atoms with van der Waals surface area (Å²) in [6.07, 6.45) is 4.72. The third kappa shape index (κ3) is 2.33. The maximum absolute atomic E-state index is 12.8. The van der Waals surface area contributed by atoms with Crippen LogP contribution in [0.2, 0.25) is 0 Å². The smallest absolute Gasteiger partial charge is 0.268 e. The van der Waals surface area contributed by atoms with Crippen molar-refractivity contribution in [2.75, 3.05) is 27.2 Å². The SMILES string of the molecule is COc1ccsc1C(=O)N1CCC[C@H]1[C@H]1CCCN1C. The Balaban J connectivity index is 1.80. The summed E-state index contributed by atoms with van der Waals surface area (Å²) < 4.78 is 5.30. The summed E-state index contributed by atoms with van der Waals surface area (Å²) in [7, 11) is 3.81. The van der Waals surface area contributed by atoms with E-state index in [-0.39, 0.29) is 5.91 Å². The Hall–Kier alpha value is -1.07. The van der Waals surface area contributed by atoms with Crippen LogP contribution in [0.25, 0.3) is 0 Å². The molecule has 0 radical (unpaired) electrons. The lowest BCUT2D eigenvalue weighted by Gasteiger charge is -2.33. The van der Waals surface area contributed by atoms with Crippen LogP contribution in [-0.2, 0) is 0 Å². The Labute approximate surface area is 124 Å². The fraction of sp³-hybridized carbons (Fsp3) is 0.667. The number of methoxy groups -OCH3 is 1.